The van der Waals surface area contributed by atoms with Crippen LogP contribution >= 0.6 is 0 Å². The molecule has 0 bridgehead atoms. The van der Waals surface area contributed by atoms with Crippen molar-refractivity contribution in [3.8, 4) is 0 Å². The molecule has 3 aromatic rings. The molecule has 1 aliphatic rings. The van der Waals surface area contributed by atoms with Gasteiger partial charge in [-0.25, -0.2) is 0 Å². The van der Waals surface area contributed by atoms with Crippen LogP contribution in [0.5, 0.6) is 0 Å². The van der Waals surface area contributed by atoms with Crippen molar-refractivity contribution < 1.29 is 4.79 Å². The van der Waals surface area contributed by atoms with Gasteiger partial charge in [0.15, 0.2) is 0 Å². The molecule has 1 aromatic heterocycles. The summed E-state index contributed by atoms with van der Waals surface area (Å²) in [5.41, 5.74) is 3.77. The quantitative estimate of drug-likeness (QED) is 0.716. The van der Waals surface area contributed by atoms with E-state index in [2.05, 4.69) is 47.0 Å². The minimum absolute atomic E-state index is 0.262. The maximum atomic E-state index is 12.7. The molecule has 3 heteroatoms. The number of carbonyl (C=O) groups excluding carboxylic acids is 1. The fourth-order valence-electron chi connectivity index (χ4n) is 3.62. The molecule has 2 aromatic carbocycles. The molecule has 4 rings (SSSR count). The average Bonchev–Trinajstić information content (AvgIpc) is 2.83. The molecule has 1 amide bonds. The van der Waals surface area contributed by atoms with Crippen LogP contribution in [0.3, 0.4) is 0 Å². The summed E-state index contributed by atoms with van der Waals surface area (Å²) < 4.78 is 2.37. The number of para-hydroxylation sites is 1. The van der Waals surface area contributed by atoms with Crippen molar-refractivity contribution in [2.24, 2.45) is 0 Å². The molecular weight excluding hydrogens is 296 g/mol. The van der Waals surface area contributed by atoms with Crippen molar-refractivity contribution in [3.63, 3.8) is 0 Å². The van der Waals surface area contributed by atoms with E-state index in [4.69, 9.17) is 0 Å². The number of nitrogens with zero attached hydrogens (tertiary/aromatic N) is 2. The van der Waals surface area contributed by atoms with E-state index in [0.717, 1.165) is 32.5 Å². The van der Waals surface area contributed by atoms with Gasteiger partial charge in [0.1, 0.15) is 0 Å². The van der Waals surface area contributed by atoms with Crippen molar-refractivity contribution >= 4 is 16.8 Å². The van der Waals surface area contributed by atoms with Crippen molar-refractivity contribution in [2.45, 2.75) is 32.4 Å². The number of carbonyl (C=O) groups is 1. The van der Waals surface area contributed by atoms with Gasteiger partial charge >= 0.3 is 0 Å². The molecule has 2 heterocycles. The van der Waals surface area contributed by atoms with Gasteiger partial charge in [-0.05, 0) is 35.9 Å². The van der Waals surface area contributed by atoms with Crippen LogP contribution in [0.15, 0.2) is 60.7 Å². The van der Waals surface area contributed by atoms with Crippen molar-refractivity contribution in [1.82, 2.24) is 9.47 Å². The maximum absolute atomic E-state index is 12.7. The zero-order valence-corrected chi connectivity index (χ0v) is 13.8. The Labute approximate surface area is 142 Å². The third kappa shape index (κ3) is 2.94. The molecule has 0 N–H and O–H groups in total. The Morgan fingerprint density at radius 2 is 1.75 bits per heavy atom. The third-order valence-corrected chi connectivity index (χ3v) is 4.88. The Morgan fingerprint density at radius 3 is 2.62 bits per heavy atom. The van der Waals surface area contributed by atoms with Crippen LogP contribution in [0, 0.1) is 0 Å². The van der Waals surface area contributed by atoms with Gasteiger partial charge in [0.25, 0.3) is 0 Å². The fraction of sp³-hybridized carbons (Fsp3) is 0.286. The molecule has 0 saturated carbocycles. The van der Waals surface area contributed by atoms with E-state index in [9.17, 15) is 4.79 Å². The summed E-state index contributed by atoms with van der Waals surface area (Å²) >= 11 is 0. The van der Waals surface area contributed by atoms with Gasteiger partial charge in [-0.2, -0.15) is 0 Å². The topological polar surface area (TPSA) is 25.2 Å². The van der Waals surface area contributed by atoms with Crippen molar-refractivity contribution in [2.75, 3.05) is 6.54 Å². The van der Waals surface area contributed by atoms with E-state index in [0.29, 0.717) is 6.42 Å². The van der Waals surface area contributed by atoms with Crippen LogP contribution in [0.4, 0.5) is 0 Å². The minimum atomic E-state index is 0.262. The summed E-state index contributed by atoms with van der Waals surface area (Å²) in [5.74, 6) is 0.262. The Hall–Kier alpha value is -2.55. The lowest BCUT2D eigenvalue weighted by Gasteiger charge is -2.20. The summed E-state index contributed by atoms with van der Waals surface area (Å²) in [6, 6.07) is 21.0. The first kappa shape index (κ1) is 15.0. The van der Waals surface area contributed by atoms with E-state index in [1.807, 2.05) is 23.1 Å². The second-order valence-electron chi connectivity index (χ2n) is 6.50. The summed E-state index contributed by atoms with van der Waals surface area (Å²) in [7, 11) is 0. The first-order valence-corrected chi connectivity index (χ1v) is 8.70. The van der Waals surface area contributed by atoms with Crippen LogP contribution in [0.25, 0.3) is 10.9 Å². The lowest BCUT2D eigenvalue weighted by atomic mass is 10.1. The largest absolute Gasteiger partial charge is 0.343 e. The fourth-order valence-corrected chi connectivity index (χ4v) is 3.62. The second kappa shape index (κ2) is 6.52. The molecule has 24 heavy (non-hydrogen) atoms. The van der Waals surface area contributed by atoms with Crippen LogP contribution in [0.1, 0.15) is 24.1 Å². The van der Waals surface area contributed by atoms with Gasteiger partial charge in [-0.3, -0.25) is 4.79 Å². The summed E-state index contributed by atoms with van der Waals surface area (Å²) in [6.45, 7) is 2.57. The molecule has 0 radical (unpaired) electrons. The van der Waals surface area contributed by atoms with Crippen molar-refractivity contribution in [1.29, 1.82) is 0 Å². The van der Waals surface area contributed by atoms with Crippen LogP contribution < -0.4 is 0 Å². The number of benzene rings is 2. The molecule has 0 spiro atoms. The molecule has 0 atom stereocenters. The van der Waals surface area contributed by atoms with Gasteiger partial charge in [0.05, 0.1) is 6.54 Å². The van der Waals surface area contributed by atoms with Gasteiger partial charge in [-0.15, -0.1) is 0 Å². The summed E-state index contributed by atoms with van der Waals surface area (Å²) in [5, 5.41) is 1.27. The number of hydrogen-bond acceptors (Lipinski definition) is 1. The van der Waals surface area contributed by atoms with Gasteiger partial charge in [-0.1, -0.05) is 48.5 Å². The summed E-state index contributed by atoms with van der Waals surface area (Å²) in [6.07, 6.45) is 2.42. The molecule has 122 valence electrons. The summed E-state index contributed by atoms with van der Waals surface area (Å²) in [4.78, 5) is 14.7. The number of aromatic nitrogens is 1. The first-order chi connectivity index (χ1) is 11.8. The molecule has 0 unspecified atom stereocenters. The third-order valence-electron chi connectivity index (χ3n) is 4.88. The smallest absolute Gasteiger partial charge is 0.223 e. The molecule has 0 fully saturated rings. The maximum Gasteiger partial charge on any atom is 0.223 e. The Morgan fingerprint density at radius 1 is 0.958 bits per heavy atom. The highest BCUT2D eigenvalue weighted by Gasteiger charge is 2.20. The zero-order chi connectivity index (χ0) is 16.4. The van der Waals surface area contributed by atoms with Gasteiger partial charge in [0.2, 0.25) is 5.91 Å². The molecule has 0 saturated heterocycles. The lowest BCUT2D eigenvalue weighted by Crippen LogP contribution is -2.30. The second-order valence-corrected chi connectivity index (χ2v) is 6.50. The number of fused-ring (bicyclic) bond motifs is 3. The Kier molecular flexibility index (Phi) is 4.08. The average molecular weight is 318 g/mol. The molecule has 0 aliphatic carbocycles. The SMILES string of the molecule is O=C(CCc1ccccc1)N1CCCn2c(cc3ccccc32)C1. The van der Waals surface area contributed by atoms with E-state index in [1.54, 1.807) is 0 Å². The number of hydrogen-bond donors (Lipinski definition) is 0. The van der Waals surface area contributed by atoms with Gasteiger partial charge < -0.3 is 9.47 Å². The number of rotatable bonds is 3. The predicted octanol–water partition coefficient (Wildman–Crippen LogP) is 4.01. The molecule has 1 aliphatic heterocycles. The van der Waals surface area contributed by atoms with Crippen LogP contribution in [-0.2, 0) is 24.3 Å². The van der Waals surface area contributed by atoms with E-state index in [-0.39, 0.29) is 5.91 Å². The zero-order valence-electron chi connectivity index (χ0n) is 13.8. The van der Waals surface area contributed by atoms with Crippen LogP contribution in [0.2, 0.25) is 0 Å². The molecular formula is C21H22N2O. The predicted molar refractivity (Wildman–Crippen MR) is 96.7 cm³/mol. The van der Waals surface area contributed by atoms with Gasteiger partial charge in [0, 0.05) is 30.7 Å². The van der Waals surface area contributed by atoms with Crippen molar-refractivity contribution in [3.05, 3.63) is 71.9 Å². The number of amides is 1. The normalized spacial score (nSPS) is 14.4. The first-order valence-electron chi connectivity index (χ1n) is 8.70. The highest BCUT2D eigenvalue weighted by atomic mass is 16.2. The standard InChI is InChI=1S/C21H22N2O/c24-21(12-11-17-7-2-1-3-8-17)22-13-6-14-23-19(16-22)15-18-9-4-5-10-20(18)23/h1-5,7-10,15H,6,11-14,16H2. The Bertz CT molecular complexity index is 851. The van der Waals surface area contributed by atoms with E-state index < -0.39 is 0 Å². The Balaban J connectivity index is 1.49. The lowest BCUT2D eigenvalue weighted by molar-refractivity contribution is -0.131. The van der Waals surface area contributed by atoms with E-state index in [1.165, 1.54) is 22.2 Å². The monoisotopic (exact) mass is 318 g/mol. The van der Waals surface area contributed by atoms with Crippen LogP contribution in [-0.4, -0.2) is 21.9 Å². The highest BCUT2D eigenvalue weighted by Crippen LogP contribution is 2.24. The van der Waals surface area contributed by atoms with E-state index >= 15 is 0 Å². The number of aryl methyl sites for hydroxylation is 2. The molecule has 3 nitrogen and oxygen atoms in total. The highest BCUT2D eigenvalue weighted by molar-refractivity contribution is 5.82. The minimum Gasteiger partial charge on any atom is -0.343 e.